The highest BCUT2D eigenvalue weighted by Gasteiger charge is 2.61. The summed E-state index contributed by atoms with van der Waals surface area (Å²) in [5.74, 6) is 0.615. The molecule has 0 spiro atoms. The van der Waals surface area contributed by atoms with E-state index in [0.717, 1.165) is 18.4 Å². The third-order valence-electron chi connectivity index (χ3n) is 7.45. The van der Waals surface area contributed by atoms with Gasteiger partial charge in [0.05, 0.1) is 22.6 Å². The van der Waals surface area contributed by atoms with Crippen LogP contribution in [-0.4, -0.2) is 42.4 Å². The lowest BCUT2D eigenvalue weighted by molar-refractivity contribution is 0.0731. The number of rotatable bonds is 5. The molecule has 3 fully saturated rings. The Hall–Kier alpha value is -2.22. The minimum atomic E-state index is -3.71. The van der Waals surface area contributed by atoms with Gasteiger partial charge < -0.3 is 10.4 Å². The van der Waals surface area contributed by atoms with Crippen LogP contribution in [-0.2, 0) is 15.6 Å². The largest absolute Gasteiger partial charge is 0.391 e. The number of hydrogen-bond acceptors (Lipinski definition) is 4. The van der Waals surface area contributed by atoms with E-state index in [9.17, 15) is 18.3 Å². The molecule has 5 atom stereocenters. The van der Waals surface area contributed by atoms with E-state index in [-0.39, 0.29) is 28.7 Å². The second kappa shape index (κ2) is 7.15. The van der Waals surface area contributed by atoms with Crippen LogP contribution in [0.15, 0.2) is 59.5 Å². The minimum Gasteiger partial charge on any atom is -0.391 e. The molecule has 1 aliphatic heterocycles. The number of aliphatic hydroxyl groups is 1. The molecule has 5 rings (SSSR count). The molecule has 31 heavy (non-hydrogen) atoms. The van der Waals surface area contributed by atoms with E-state index in [1.165, 1.54) is 16.4 Å². The van der Waals surface area contributed by atoms with Gasteiger partial charge in [0.2, 0.25) is 10.0 Å². The van der Waals surface area contributed by atoms with Crippen molar-refractivity contribution in [1.29, 1.82) is 0 Å². The average molecular weight is 441 g/mol. The molecule has 0 radical (unpaired) electrons. The van der Waals surface area contributed by atoms with Crippen molar-refractivity contribution >= 4 is 15.9 Å². The zero-order valence-electron chi connectivity index (χ0n) is 17.7. The van der Waals surface area contributed by atoms with Gasteiger partial charge in [-0.2, -0.15) is 4.31 Å². The van der Waals surface area contributed by atoms with E-state index in [2.05, 4.69) is 5.32 Å². The van der Waals surface area contributed by atoms with Crippen LogP contribution >= 0.6 is 0 Å². The van der Waals surface area contributed by atoms with Crippen LogP contribution in [0.4, 0.5) is 0 Å². The Kier molecular flexibility index (Phi) is 4.77. The number of hydrogen-bond donors (Lipinski definition) is 2. The standard InChI is InChI=1S/C24H28N2O4S/c1-24(2,18-6-4-3-5-7-18)25-23(28)15-8-10-19(11-9-15)31(29,30)26-14-17-12-16-13-20(17)21(26)22(16)27/h3-11,16-17,20-22,27H,12-14H2,1-2H3,(H,25,28)/t16-,17-,20+,21+,22+/m0/s1. The number of fused-ring (bicyclic) bond motifs is 1. The van der Waals surface area contributed by atoms with Crippen LogP contribution in [0, 0.1) is 17.8 Å². The summed E-state index contributed by atoms with van der Waals surface area (Å²) in [4.78, 5) is 13.0. The molecule has 1 heterocycles. The first-order valence-electron chi connectivity index (χ1n) is 10.9. The number of nitrogens with zero attached hydrogens (tertiary/aromatic N) is 1. The number of carbonyl (C=O) groups excluding carboxylic acids is 1. The van der Waals surface area contributed by atoms with Crippen LogP contribution in [0.25, 0.3) is 0 Å². The first-order valence-corrected chi connectivity index (χ1v) is 12.3. The number of carbonyl (C=O) groups is 1. The molecule has 1 amide bonds. The first kappa shape index (κ1) is 20.7. The van der Waals surface area contributed by atoms with Gasteiger partial charge in [-0.3, -0.25) is 4.79 Å². The van der Waals surface area contributed by atoms with E-state index < -0.39 is 21.7 Å². The smallest absolute Gasteiger partial charge is 0.251 e. The van der Waals surface area contributed by atoms with Gasteiger partial charge in [-0.15, -0.1) is 0 Å². The van der Waals surface area contributed by atoms with Gasteiger partial charge in [-0.05, 0) is 74.3 Å². The molecule has 7 heteroatoms. The molecule has 6 nitrogen and oxygen atoms in total. The highest BCUT2D eigenvalue weighted by molar-refractivity contribution is 7.89. The SMILES string of the molecule is CC(C)(NC(=O)c1ccc(S(=O)(=O)N2C[C@@H]3C[C@H]4C[C@H]3[C@@H]2[C@@H]4O)cc1)c1ccccc1. The van der Waals surface area contributed by atoms with Crippen molar-refractivity contribution in [2.24, 2.45) is 17.8 Å². The van der Waals surface area contributed by atoms with E-state index >= 15 is 0 Å². The maximum Gasteiger partial charge on any atom is 0.251 e. The summed E-state index contributed by atoms with van der Waals surface area (Å²) in [6.07, 6.45) is 1.28. The molecule has 2 aromatic rings. The van der Waals surface area contributed by atoms with E-state index in [0.29, 0.717) is 18.0 Å². The summed E-state index contributed by atoms with van der Waals surface area (Å²) in [7, 11) is -3.71. The highest BCUT2D eigenvalue weighted by Crippen LogP contribution is 2.56. The number of sulfonamides is 1. The number of aliphatic hydroxyl groups excluding tert-OH is 1. The van der Waals surface area contributed by atoms with E-state index in [4.69, 9.17) is 0 Å². The van der Waals surface area contributed by atoms with Crippen LogP contribution < -0.4 is 5.32 Å². The molecular formula is C24H28N2O4S. The summed E-state index contributed by atoms with van der Waals surface area (Å²) in [6, 6.07) is 15.5. The molecule has 0 aromatic heterocycles. The third kappa shape index (κ3) is 3.30. The quantitative estimate of drug-likeness (QED) is 0.749. The maximum atomic E-state index is 13.3. The lowest BCUT2D eigenvalue weighted by Crippen LogP contribution is -2.43. The van der Waals surface area contributed by atoms with E-state index in [1.807, 2.05) is 44.2 Å². The molecular weight excluding hydrogens is 412 g/mol. The normalized spacial score (nSPS) is 30.0. The van der Waals surface area contributed by atoms with Crippen molar-refractivity contribution in [3.8, 4) is 0 Å². The Morgan fingerprint density at radius 3 is 2.35 bits per heavy atom. The average Bonchev–Trinajstić information content (AvgIpc) is 3.38. The lowest BCUT2D eigenvalue weighted by Gasteiger charge is -2.28. The molecule has 2 N–H and O–H groups in total. The number of nitrogens with one attached hydrogen (secondary N) is 1. The summed E-state index contributed by atoms with van der Waals surface area (Å²) < 4.78 is 28.1. The van der Waals surface area contributed by atoms with Crippen molar-refractivity contribution in [3.05, 3.63) is 65.7 Å². The van der Waals surface area contributed by atoms with E-state index in [1.54, 1.807) is 12.1 Å². The zero-order chi connectivity index (χ0) is 22.0. The first-order chi connectivity index (χ1) is 14.7. The third-order valence-corrected chi connectivity index (χ3v) is 9.33. The Labute approximate surface area is 183 Å². The molecule has 164 valence electrons. The van der Waals surface area contributed by atoms with Crippen molar-refractivity contribution in [3.63, 3.8) is 0 Å². The summed E-state index contributed by atoms with van der Waals surface area (Å²) >= 11 is 0. The minimum absolute atomic E-state index is 0.170. The highest BCUT2D eigenvalue weighted by atomic mass is 32.2. The number of benzene rings is 2. The Morgan fingerprint density at radius 2 is 1.71 bits per heavy atom. The van der Waals surface area contributed by atoms with Crippen LogP contribution in [0.2, 0.25) is 0 Å². The zero-order valence-corrected chi connectivity index (χ0v) is 18.5. The van der Waals surface area contributed by atoms with Gasteiger partial charge in [-0.25, -0.2) is 8.42 Å². The Balaban J connectivity index is 1.34. The summed E-state index contributed by atoms with van der Waals surface area (Å²) in [5, 5.41) is 13.6. The summed E-state index contributed by atoms with van der Waals surface area (Å²) in [5.41, 5.74) is 0.831. The Bertz CT molecular complexity index is 1100. The predicted octanol–water partition coefficient (Wildman–Crippen LogP) is 2.74. The second-order valence-electron chi connectivity index (χ2n) is 9.68. The molecule has 2 saturated carbocycles. The molecule has 2 bridgehead atoms. The fraction of sp³-hybridized carbons (Fsp3) is 0.458. The van der Waals surface area contributed by atoms with Gasteiger partial charge >= 0.3 is 0 Å². The monoisotopic (exact) mass is 440 g/mol. The fourth-order valence-electron chi connectivity index (χ4n) is 5.83. The topological polar surface area (TPSA) is 86.7 Å². The van der Waals surface area contributed by atoms with Crippen LogP contribution in [0.1, 0.15) is 42.6 Å². The van der Waals surface area contributed by atoms with Crippen molar-refractivity contribution in [2.45, 2.75) is 49.3 Å². The molecule has 3 aliphatic rings. The van der Waals surface area contributed by atoms with Gasteiger partial charge in [0.1, 0.15) is 0 Å². The molecule has 0 unspecified atom stereocenters. The number of amides is 1. The van der Waals surface area contributed by atoms with Crippen molar-refractivity contribution < 1.29 is 18.3 Å². The molecule has 2 aliphatic carbocycles. The van der Waals surface area contributed by atoms with Gasteiger partial charge in [-0.1, -0.05) is 30.3 Å². The summed E-state index contributed by atoms with van der Waals surface area (Å²) in [6.45, 7) is 4.35. The lowest BCUT2D eigenvalue weighted by atomic mass is 9.88. The van der Waals surface area contributed by atoms with Crippen LogP contribution in [0.5, 0.6) is 0 Å². The fourth-order valence-corrected chi connectivity index (χ4v) is 7.57. The van der Waals surface area contributed by atoms with Gasteiger partial charge in [0.15, 0.2) is 0 Å². The van der Waals surface area contributed by atoms with Crippen LogP contribution in [0.3, 0.4) is 0 Å². The predicted molar refractivity (Wildman–Crippen MR) is 117 cm³/mol. The second-order valence-corrected chi connectivity index (χ2v) is 11.6. The van der Waals surface area contributed by atoms with Gasteiger partial charge in [0, 0.05) is 12.1 Å². The van der Waals surface area contributed by atoms with Gasteiger partial charge in [0.25, 0.3) is 5.91 Å². The molecule has 1 saturated heterocycles. The van der Waals surface area contributed by atoms with Crippen molar-refractivity contribution in [1.82, 2.24) is 9.62 Å². The maximum absolute atomic E-state index is 13.3. The Morgan fingerprint density at radius 1 is 1.03 bits per heavy atom. The van der Waals surface area contributed by atoms with Crippen molar-refractivity contribution in [2.75, 3.05) is 6.54 Å². The molecule has 2 aromatic carbocycles.